The second-order valence-electron chi connectivity index (χ2n) is 2.51. The van der Waals surface area contributed by atoms with Crippen LogP contribution in [0.4, 0.5) is 5.82 Å². The predicted molar refractivity (Wildman–Crippen MR) is 43.6 cm³/mol. The molecule has 0 unspecified atom stereocenters. The molecule has 0 fully saturated rings. The van der Waals surface area contributed by atoms with Crippen LogP contribution in [0.25, 0.3) is 0 Å². The summed E-state index contributed by atoms with van der Waals surface area (Å²) < 4.78 is 4.90. The molecule has 1 heterocycles. The maximum atomic E-state index is 5.37. The second-order valence-corrected chi connectivity index (χ2v) is 2.51. The molecule has 4 heteroatoms. The van der Waals surface area contributed by atoms with Gasteiger partial charge in [0.25, 0.3) is 0 Å². The van der Waals surface area contributed by atoms with Gasteiger partial charge in [-0.1, -0.05) is 5.16 Å². The van der Waals surface area contributed by atoms with Crippen molar-refractivity contribution in [2.45, 2.75) is 6.92 Å². The van der Waals surface area contributed by atoms with Crippen LogP contribution in [0.15, 0.2) is 10.6 Å². The van der Waals surface area contributed by atoms with Crippen molar-refractivity contribution in [2.24, 2.45) is 5.73 Å². The Bertz CT molecular complexity index is 221. The molecule has 0 atom stereocenters. The summed E-state index contributed by atoms with van der Waals surface area (Å²) in [5.74, 6) is 1.66. The largest absolute Gasteiger partial charge is 0.360 e. The zero-order valence-corrected chi connectivity index (χ0v) is 6.87. The molecule has 0 spiro atoms. The number of aromatic nitrogens is 1. The number of nitrogens with zero attached hydrogens (tertiary/aromatic N) is 2. The van der Waals surface area contributed by atoms with Gasteiger partial charge in [0.05, 0.1) is 0 Å². The van der Waals surface area contributed by atoms with Crippen molar-refractivity contribution in [3.8, 4) is 0 Å². The van der Waals surface area contributed by atoms with Crippen molar-refractivity contribution in [3.05, 3.63) is 11.8 Å². The quantitative estimate of drug-likeness (QED) is 0.685. The van der Waals surface area contributed by atoms with Crippen molar-refractivity contribution < 1.29 is 4.52 Å². The number of rotatable bonds is 3. The van der Waals surface area contributed by atoms with Crippen molar-refractivity contribution in [1.29, 1.82) is 0 Å². The molecule has 2 N–H and O–H groups in total. The molecule has 0 aliphatic rings. The average Bonchev–Trinajstić information content (AvgIpc) is 2.36. The first-order valence-electron chi connectivity index (χ1n) is 3.58. The third-order valence-corrected chi connectivity index (χ3v) is 1.47. The Hall–Kier alpha value is -1.03. The Morgan fingerprint density at radius 2 is 2.45 bits per heavy atom. The number of hydrogen-bond acceptors (Lipinski definition) is 4. The van der Waals surface area contributed by atoms with E-state index in [2.05, 4.69) is 5.16 Å². The number of likely N-dealkylation sites (N-methyl/N-ethyl adjacent to an activating group) is 1. The highest BCUT2D eigenvalue weighted by atomic mass is 16.5. The molecule has 0 aliphatic heterocycles. The van der Waals surface area contributed by atoms with Crippen LogP contribution >= 0.6 is 0 Å². The fourth-order valence-corrected chi connectivity index (χ4v) is 0.841. The zero-order chi connectivity index (χ0) is 8.27. The minimum Gasteiger partial charge on any atom is -0.360 e. The van der Waals surface area contributed by atoms with Gasteiger partial charge in [0.2, 0.25) is 0 Å². The Kier molecular flexibility index (Phi) is 2.48. The minimum atomic E-state index is 0.627. The molecule has 0 saturated heterocycles. The zero-order valence-electron chi connectivity index (χ0n) is 6.87. The van der Waals surface area contributed by atoms with E-state index in [1.165, 1.54) is 0 Å². The Morgan fingerprint density at radius 1 is 1.73 bits per heavy atom. The van der Waals surface area contributed by atoms with Gasteiger partial charge < -0.3 is 15.2 Å². The summed E-state index contributed by atoms with van der Waals surface area (Å²) in [6.45, 7) is 3.29. The van der Waals surface area contributed by atoms with Gasteiger partial charge in [0.15, 0.2) is 5.82 Å². The number of anilines is 1. The SMILES string of the molecule is Cc1cc(N(C)CCN)no1. The van der Waals surface area contributed by atoms with E-state index in [4.69, 9.17) is 10.3 Å². The standard InChI is InChI=1S/C7H13N3O/c1-6-5-7(9-11-6)10(2)4-3-8/h5H,3-4,8H2,1-2H3. The molecule has 1 aromatic rings. The van der Waals surface area contributed by atoms with Crippen LogP contribution in [0, 0.1) is 6.92 Å². The molecule has 0 aliphatic carbocycles. The number of hydrogen-bond donors (Lipinski definition) is 1. The summed E-state index contributed by atoms with van der Waals surface area (Å²) >= 11 is 0. The Morgan fingerprint density at radius 3 is 2.91 bits per heavy atom. The normalized spacial score (nSPS) is 10.1. The molecule has 62 valence electrons. The third-order valence-electron chi connectivity index (χ3n) is 1.47. The van der Waals surface area contributed by atoms with E-state index in [0.29, 0.717) is 6.54 Å². The van der Waals surface area contributed by atoms with Crippen molar-refractivity contribution in [3.63, 3.8) is 0 Å². The lowest BCUT2D eigenvalue weighted by Gasteiger charge is -2.12. The summed E-state index contributed by atoms with van der Waals surface area (Å²) in [5, 5.41) is 3.83. The summed E-state index contributed by atoms with van der Waals surface area (Å²) in [4.78, 5) is 1.95. The van der Waals surface area contributed by atoms with Crippen LogP contribution in [0.3, 0.4) is 0 Å². The number of aryl methyl sites for hydroxylation is 1. The van der Waals surface area contributed by atoms with E-state index in [0.717, 1.165) is 18.1 Å². The van der Waals surface area contributed by atoms with Gasteiger partial charge in [-0.2, -0.15) is 0 Å². The van der Waals surface area contributed by atoms with E-state index in [-0.39, 0.29) is 0 Å². The van der Waals surface area contributed by atoms with Crippen molar-refractivity contribution >= 4 is 5.82 Å². The first-order valence-corrected chi connectivity index (χ1v) is 3.58. The highest BCUT2D eigenvalue weighted by Gasteiger charge is 2.03. The van der Waals surface area contributed by atoms with Gasteiger partial charge >= 0.3 is 0 Å². The van der Waals surface area contributed by atoms with Crippen LogP contribution < -0.4 is 10.6 Å². The molecule has 0 bridgehead atoms. The predicted octanol–water partition coefficient (Wildman–Crippen LogP) is 0.378. The van der Waals surface area contributed by atoms with Crippen molar-refractivity contribution in [1.82, 2.24) is 5.16 Å². The molecule has 1 rings (SSSR count). The van der Waals surface area contributed by atoms with Crippen LogP contribution in [-0.4, -0.2) is 25.3 Å². The molecule has 0 amide bonds. The third kappa shape index (κ3) is 1.94. The monoisotopic (exact) mass is 155 g/mol. The topological polar surface area (TPSA) is 55.3 Å². The molecule has 0 aromatic carbocycles. The maximum Gasteiger partial charge on any atom is 0.171 e. The van der Waals surface area contributed by atoms with Crippen LogP contribution in [-0.2, 0) is 0 Å². The molecule has 1 aromatic heterocycles. The van der Waals surface area contributed by atoms with Gasteiger partial charge in [-0.25, -0.2) is 0 Å². The first-order chi connectivity index (χ1) is 5.24. The first kappa shape index (κ1) is 8.07. The fourth-order valence-electron chi connectivity index (χ4n) is 0.841. The lowest BCUT2D eigenvalue weighted by molar-refractivity contribution is 0.397. The fraction of sp³-hybridized carbons (Fsp3) is 0.571. The van der Waals surface area contributed by atoms with Gasteiger partial charge in [-0.05, 0) is 6.92 Å². The van der Waals surface area contributed by atoms with Gasteiger partial charge in [-0.15, -0.1) is 0 Å². The highest BCUT2D eigenvalue weighted by Crippen LogP contribution is 2.10. The van der Waals surface area contributed by atoms with Crippen LogP contribution in [0.5, 0.6) is 0 Å². The lowest BCUT2D eigenvalue weighted by Crippen LogP contribution is -2.25. The van der Waals surface area contributed by atoms with Gasteiger partial charge in [0, 0.05) is 26.2 Å². The molecule has 0 radical (unpaired) electrons. The average molecular weight is 155 g/mol. The summed E-state index contributed by atoms with van der Waals surface area (Å²) in [5.41, 5.74) is 5.37. The van der Waals surface area contributed by atoms with E-state index < -0.39 is 0 Å². The molecule has 11 heavy (non-hydrogen) atoms. The number of nitrogens with two attached hydrogens (primary N) is 1. The smallest absolute Gasteiger partial charge is 0.171 e. The van der Waals surface area contributed by atoms with E-state index in [1.54, 1.807) is 0 Å². The van der Waals surface area contributed by atoms with Crippen LogP contribution in [0.1, 0.15) is 5.76 Å². The lowest BCUT2D eigenvalue weighted by atomic mass is 10.4. The summed E-state index contributed by atoms with van der Waals surface area (Å²) in [7, 11) is 1.93. The molecule has 0 saturated carbocycles. The van der Waals surface area contributed by atoms with Crippen LogP contribution in [0.2, 0.25) is 0 Å². The van der Waals surface area contributed by atoms with E-state index in [9.17, 15) is 0 Å². The summed E-state index contributed by atoms with van der Waals surface area (Å²) in [6.07, 6.45) is 0. The highest BCUT2D eigenvalue weighted by molar-refractivity contribution is 5.36. The van der Waals surface area contributed by atoms with E-state index in [1.807, 2.05) is 24.9 Å². The van der Waals surface area contributed by atoms with E-state index >= 15 is 0 Å². The minimum absolute atomic E-state index is 0.627. The molecular formula is C7H13N3O. The van der Waals surface area contributed by atoms with Crippen molar-refractivity contribution in [2.75, 3.05) is 25.0 Å². The summed E-state index contributed by atoms with van der Waals surface area (Å²) in [6, 6.07) is 1.88. The molecular weight excluding hydrogens is 142 g/mol. The maximum absolute atomic E-state index is 5.37. The van der Waals surface area contributed by atoms with Gasteiger partial charge in [-0.3, -0.25) is 0 Å². The Labute approximate surface area is 66.0 Å². The Balaban J connectivity index is 2.60. The van der Waals surface area contributed by atoms with Gasteiger partial charge in [0.1, 0.15) is 5.76 Å². The second kappa shape index (κ2) is 3.39. The molecule has 4 nitrogen and oxygen atoms in total.